The molecule has 1 aromatic carbocycles. The molecule has 2 heterocycles. The molecule has 0 atom stereocenters. The van der Waals surface area contributed by atoms with Gasteiger partial charge in [0.1, 0.15) is 5.82 Å². The number of thiophene rings is 1. The minimum Gasteiger partial charge on any atom is -0.381 e. The molecule has 3 rings (SSSR count). The van der Waals surface area contributed by atoms with Crippen LogP contribution in [0.3, 0.4) is 0 Å². The highest BCUT2D eigenvalue weighted by molar-refractivity contribution is 9.11. The Labute approximate surface area is 117 Å². The molecule has 0 unspecified atom stereocenters. The molecule has 3 aromatic rings. The molecule has 0 bridgehead atoms. The first-order valence-corrected chi connectivity index (χ1v) is 7.31. The number of halogens is 1. The number of hydrogen-bond donors (Lipinski definition) is 2. The lowest BCUT2D eigenvalue weighted by atomic mass is 10.2. The summed E-state index contributed by atoms with van der Waals surface area (Å²) in [5, 5.41) is 5.56. The largest absolute Gasteiger partial charge is 0.381 e. The third kappa shape index (κ3) is 2.42. The van der Waals surface area contributed by atoms with Gasteiger partial charge >= 0.3 is 0 Å². The zero-order valence-corrected chi connectivity index (χ0v) is 12.2. The number of hydrogen-bond acceptors (Lipinski definition) is 3. The average molecular weight is 322 g/mol. The molecule has 18 heavy (non-hydrogen) atoms. The minimum atomic E-state index is 0.834. The fourth-order valence-electron chi connectivity index (χ4n) is 1.89. The van der Waals surface area contributed by atoms with Crippen LogP contribution >= 0.6 is 27.3 Å². The first-order chi connectivity index (χ1) is 8.70. The first kappa shape index (κ1) is 11.7. The smallest absolute Gasteiger partial charge is 0.104 e. The molecule has 3 nitrogen and oxygen atoms in total. The summed E-state index contributed by atoms with van der Waals surface area (Å²) in [6.07, 6.45) is 0. The zero-order chi connectivity index (χ0) is 12.5. The third-order valence-electron chi connectivity index (χ3n) is 2.72. The van der Waals surface area contributed by atoms with Crippen LogP contribution < -0.4 is 5.32 Å². The molecule has 0 aliphatic heterocycles. The molecule has 0 saturated carbocycles. The van der Waals surface area contributed by atoms with Gasteiger partial charge < -0.3 is 10.3 Å². The van der Waals surface area contributed by atoms with Crippen molar-refractivity contribution in [2.24, 2.45) is 0 Å². The minimum absolute atomic E-state index is 0.834. The molecule has 5 heteroatoms. The Morgan fingerprint density at radius 3 is 3.06 bits per heavy atom. The summed E-state index contributed by atoms with van der Waals surface area (Å²) in [5.41, 5.74) is 4.47. The summed E-state index contributed by atoms with van der Waals surface area (Å²) in [4.78, 5) is 7.63. The van der Waals surface area contributed by atoms with Crippen LogP contribution in [-0.4, -0.2) is 9.97 Å². The number of imidazole rings is 1. The monoisotopic (exact) mass is 321 g/mol. The lowest BCUT2D eigenvalue weighted by molar-refractivity contribution is 1.16. The van der Waals surface area contributed by atoms with E-state index in [1.165, 1.54) is 9.35 Å². The normalized spacial score (nSPS) is 11.0. The van der Waals surface area contributed by atoms with Gasteiger partial charge in [0.25, 0.3) is 0 Å². The van der Waals surface area contributed by atoms with Crippen LogP contribution in [0.2, 0.25) is 0 Å². The summed E-state index contributed by atoms with van der Waals surface area (Å²) in [6, 6.07) is 8.32. The van der Waals surface area contributed by atoms with E-state index in [1.54, 1.807) is 11.3 Å². The number of nitrogens with zero attached hydrogens (tertiary/aromatic N) is 1. The maximum absolute atomic E-state index is 4.39. The Bertz CT molecular complexity index is 686. The maximum Gasteiger partial charge on any atom is 0.104 e. The van der Waals surface area contributed by atoms with Gasteiger partial charge in [-0.1, -0.05) is 0 Å². The van der Waals surface area contributed by atoms with Crippen LogP contribution in [0.5, 0.6) is 0 Å². The summed E-state index contributed by atoms with van der Waals surface area (Å²) < 4.78 is 1.17. The summed E-state index contributed by atoms with van der Waals surface area (Å²) >= 11 is 5.18. The lowest BCUT2D eigenvalue weighted by Gasteiger charge is -2.04. The van der Waals surface area contributed by atoms with Crippen LogP contribution in [-0.2, 0) is 6.54 Å². The first-order valence-electron chi connectivity index (χ1n) is 5.64. The predicted octanol–water partition coefficient (Wildman–Crippen LogP) is 4.31. The SMILES string of the molecule is Cc1nc2ccc(NCc3csc(Br)c3)cc2[nH]1. The second-order valence-corrected chi connectivity index (χ2v) is 6.46. The van der Waals surface area contributed by atoms with Crippen LogP contribution in [0.25, 0.3) is 11.0 Å². The summed E-state index contributed by atoms with van der Waals surface area (Å²) in [7, 11) is 0. The Morgan fingerprint density at radius 2 is 2.28 bits per heavy atom. The molecular formula is C13H12BrN3S. The molecule has 0 fully saturated rings. The molecule has 0 amide bonds. The number of fused-ring (bicyclic) bond motifs is 1. The van der Waals surface area contributed by atoms with Crippen LogP contribution in [0.15, 0.2) is 33.4 Å². The van der Waals surface area contributed by atoms with Gasteiger partial charge in [-0.15, -0.1) is 11.3 Å². The Kier molecular flexibility index (Phi) is 3.09. The van der Waals surface area contributed by atoms with E-state index in [9.17, 15) is 0 Å². The molecule has 0 radical (unpaired) electrons. The summed E-state index contributed by atoms with van der Waals surface area (Å²) in [5.74, 6) is 0.948. The van der Waals surface area contributed by atoms with Crippen molar-refractivity contribution in [1.29, 1.82) is 0 Å². The van der Waals surface area contributed by atoms with Crippen molar-refractivity contribution in [2.45, 2.75) is 13.5 Å². The number of aromatic amines is 1. The summed E-state index contributed by atoms with van der Waals surface area (Å²) in [6.45, 7) is 2.80. The van der Waals surface area contributed by atoms with Gasteiger partial charge in [-0.3, -0.25) is 0 Å². The van der Waals surface area contributed by atoms with Gasteiger partial charge in [-0.2, -0.15) is 0 Å². The highest BCUT2D eigenvalue weighted by Gasteiger charge is 2.01. The topological polar surface area (TPSA) is 40.7 Å². The van der Waals surface area contributed by atoms with Crippen molar-refractivity contribution in [3.8, 4) is 0 Å². The number of H-pyrrole nitrogens is 1. The fourth-order valence-corrected chi connectivity index (χ4v) is 3.10. The van der Waals surface area contributed by atoms with Crippen LogP contribution in [0.1, 0.15) is 11.4 Å². The van der Waals surface area contributed by atoms with Gasteiger partial charge in [0.05, 0.1) is 14.8 Å². The van der Waals surface area contributed by atoms with E-state index in [-0.39, 0.29) is 0 Å². The number of aryl methyl sites for hydroxylation is 1. The number of nitrogens with one attached hydrogen (secondary N) is 2. The van der Waals surface area contributed by atoms with Gasteiger partial charge in [-0.05, 0) is 58.1 Å². The maximum atomic E-state index is 4.39. The van der Waals surface area contributed by atoms with E-state index >= 15 is 0 Å². The number of anilines is 1. The van der Waals surface area contributed by atoms with E-state index in [0.29, 0.717) is 0 Å². The fraction of sp³-hybridized carbons (Fsp3) is 0.154. The van der Waals surface area contributed by atoms with Crippen LogP contribution in [0, 0.1) is 6.92 Å². The molecule has 0 spiro atoms. The Morgan fingerprint density at radius 1 is 1.39 bits per heavy atom. The van der Waals surface area contributed by atoms with E-state index in [2.05, 4.69) is 54.8 Å². The van der Waals surface area contributed by atoms with Crippen molar-refractivity contribution in [3.05, 3.63) is 44.8 Å². The second-order valence-electron chi connectivity index (χ2n) is 4.17. The second kappa shape index (κ2) is 4.74. The van der Waals surface area contributed by atoms with E-state index < -0.39 is 0 Å². The average Bonchev–Trinajstić information content (AvgIpc) is 2.90. The molecule has 0 aliphatic carbocycles. The number of aromatic nitrogens is 2. The van der Waals surface area contributed by atoms with Crippen molar-refractivity contribution >= 4 is 44.0 Å². The van der Waals surface area contributed by atoms with Gasteiger partial charge in [0, 0.05) is 12.2 Å². The molecular weight excluding hydrogens is 310 g/mol. The quantitative estimate of drug-likeness (QED) is 0.754. The number of rotatable bonds is 3. The predicted molar refractivity (Wildman–Crippen MR) is 80.2 cm³/mol. The van der Waals surface area contributed by atoms with Gasteiger partial charge in [0.2, 0.25) is 0 Å². The number of benzene rings is 1. The standard InChI is InChI=1S/C13H12BrN3S/c1-8-16-11-3-2-10(5-12(11)17-8)15-6-9-4-13(14)18-7-9/h2-5,7,15H,6H2,1H3,(H,16,17). The highest BCUT2D eigenvalue weighted by atomic mass is 79.9. The Balaban J connectivity index is 1.78. The third-order valence-corrected chi connectivity index (χ3v) is 4.27. The van der Waals surface area contributed by atoms with Crippen molar-refractivity contribution < 1.29 is 0 Å². The van der Waals surface area contributed by atoms with Crippen molar-refractivity contribution in [3.63, 3.8) is 0 Å². The zero-order valence-electron chi connectivity index (χ0n) is 9.83. The van der Waals surface area contributed by atoms with Crippen LogP contribution in [0.4, 0.5) is 5.69 Å². The Hall–Kier alpha value is -1.33. The van der Waals surface area contributed by atoms with E-state index in [1.807, 2.05) is 13.0 Å². The molecule has 2 aromatic heterocycles. The lowest BCUT2D eigenvalue weighted by Crippen LogP contribution is -1.97. The highest BCUT2D eigenvalue weighted by Crippen LogP contribution is 2.22. The molecule has 0 saturated heterocycles. The molecule has 0 aliphatic rings. The van der Waals surface area contributed by atoms with Crippen molar-refractivity contribution in [1.82, 2.24) is 9.97 Å². The van der Waals surface area contributed by atoms with Gasteiger partial charge in [-0.25, -0.2) is 4.98 Å². The van der Waals surface area contributed by atoms with Gasteiger partial charge in [0.15, 0.2) is 0 Å². The molecule has 92 valence electrons. The molecule has 2 N–H and O–H groups in total. The van der Waals surface area contributed by atoms with E-state index in [4.69, 9.17) is 0 Å². The van der Waals surface area contributed by atoms with Crippen molar-refractivity contribution in [2.75, 3.05) is 5.32 Å². The van der Waals surface area contributed by atoms with E-state index in [0.717, 1.165) is 29.1 Å².